The molecule has 2 atom stereocenters. The van der Waals surface area contributed by atoms with Crippen molar-refractivity contribution in [2.75, 3.05) is 0 Å². The number of hydrogen-bond acceptors (Lipinski definition) is 1. The summed E-state index contributed by atoms with van der Waals surface area (Å²) in [5.41, 5.74) is 2.09. The molecule has 0 radical (unpaired) electrons. The molecule has 0 saturated heterocycles. The number of hydrogen-bond donors (Lipinski definition) is 1. The lowest BCUT2D eigenvalue weighted by Crippen LogP contribution is -2.54. The van der Waals surface area contributed by atoms with Gasteiger partial charge in [-0.05, 0) is 43.6 Å². The first-order valence-electron chi connectivity index (χ1n) is 7.61. The van der Waals surface area contributed by atoms with E-state index >= 15 is 0 Å². The van der Waals surface area contributed by atoms with Gasteiger partial charge in [0.05, 0.1) is 0 Å². The molecule has 2 aliphatic carbocycles. The van der Waals surface area contributed by atoms with Crippen molar-refractivity contribution in [1.82, 2.24) is 5.32 Å². The van der Waals surface area contributed by atoms with Crippen molar-refractivity contribution in [3.8, 4) is 0 Å². The molecule has 0 heterocycles. The summed E-state index contributed by atoms with van der Waals surface area (Å²) in [6.07, 6.45) is 10.2. The van der Waals surface area contributed by atoms with Crippen LogP contribution >= 0.6 is 0 Å². The molecule has 2 unspecified atom stereocenters. The van der Waals surface area contributed by atoms with Crippen LogP contribution in [0.1, 0.15) is 63.5 Å². The highest BCUT2D eigenvalue weighted by molar-refractivity contribution is 5.19. The van der Waals surface area contributed by atoms with Crippen LogP contribution in [0, 0.1) is 5.41 Å². The fourth-order valence-electron chi connectivity index (χ4n) is 3.95. The van der Waals surface area contributed by atoms with Gasteiger partial charge >= 0.3 is 0 Å². The minimum atomic E-state index is 0.496. The van der Waals surface area contributed by atoms with Gasteiger partial charge in [-0.25, -0.2) is 0 Å². The van der Waals surface area contributed by atoms with Gasteiger partial charge in [0, 0.05) is 12.1 Å². The Hall–Kier alpha value is -0.820. The number of benzene rings is 1. The standard InChI is InChI=1S/C17H25N/c1-14(15-8-4-2-5-9-15)18-16-10-13-17(16)11-6-3-7-12-17/h2,4-5,8-9,14,16,18H,3,6-7,10-13H2,1H3. The van der Waals surface area contributed by atoms with Gasteiger partial charge in [0.25, 0.3) is 0 Å². The molecule has 0 amide bonds. The van der Waals surface area contributed by atoms with E-state index in [1.807, 2.05) is 0 Å². The van der Waals surface area contributed by atoms with Crippen molar-refractivity contribution in [3.05, 3.63) is 35.9 Å². The van der Waals surface area contributed by atoms with Crippen molar-refractivity contribution >= 4 is 0 Å². The van der Waals surface area contributed by atoms with Gasteiger partial charge in [-0.3, -0.25) is 0 Å². The van der Waals surface area contributed by atoms with Crippen molar-refractivity contribution in [1.29, 1.82) is 0 Å². The molecule has 98 valence electrons. The zero-order valence-electron chi connectivity index (χ0n) is 11.5. The molecule has 1 spiro atoms. The Bertz CT molecular complexity index is 378. The van der Waals surface area contributed by atoms with Gasteiger partial charge in [0.15, 0.2) is 0 Å². The largest absolute Gasteiger partial charge is 0.307 e. The normalized spacial score (nSPS) is 27.7. The molecule has 1 N–H and O–H groups in total. The molecule has 1 heteroatoms. The van der Waals surface area contributed by atoms with Crippen molar-refractivity contribution in [2.24, 2.45) is 5.41 Å². The Morgan fingerprint density at radius 2 is 1.78 bits per heavy atom. The smallest absolute Gasteiger partial charge is 0.0294 e. The predicted molar refractivity (Wildman–Crippen MR) is 76.5 cm³/mol. The molecule has 0 bridgehead atoms. The molecular weight excluding hydrogens is 218 g/mol. The van der Waals surface area contributed by atoms with Crippen LogP contribution in [-0.2, 0) is 0 Å². The molecule has 1 nitrogen and oxygen atoms in total. The fourth-order valence-corrected chi connectivity index (χ4v) is 3.95. The lowest BCUT2D eigenvalue weighted by atomic mass is 9.57. The maximum Gasteiger partial charge on any atom is 0.0294 e. The van der Waals surface area contributed by atoms with Gasteiger partial charge in [0.1, 0.15) is 0 Å². The highest BCUT2D eigenvalue weighted by Gasteiger charge is 2.46. The highest BCUT2D eigenvalue weighted by atomic mass is 15.0. The first-order valence-corrected chi connectivity index (χ1v) is 7.61. The molecular formula is C17H25N. The van der Waals surface area contributed by atoms with Crippen molar-refractivity contribution in [3.63, 3.8) is 0 Å². The van der Waals surface area contributed by atoms with Crippen LogP contribution in [0.5, 0.6) is 0 Å². The van der Waals surface area contributed by atoms with Gasteiger partial charge < -0.3 is 5.32 Å². The molecule has 0 aliphatic heterocycles. The first-order chi connectivity index (χ1) is 8.80. The summed E-state index contributed by atoms with van der Waals surface area (Å²) < 4.78 is 0. The second kappa shape index (κ2) is 5.05. The van der Waals surface area contributed by atoms with Crippen LogP contribution in [0.15, 0.2) is 30.3 Å². The number of nitrogens with one attached hydrogen (secondary N) is 1. The molecule has 18 heavy (non-hydrogen) atoms. The van der Waals surface area contributed by atoms with E-state index in [-0.39, 0.29) is 0 Å². The van der Waals surface area contributed by atoms with E-state index in [0.717, 1.165) is 6.04 Å². The average Bonchev–Trinajstić information content (AvgIpc) is 2.45. The molecule has 2 fully saturated rings. The monoisotopic (exact) mass is 243 g/mol. The maximum atomic E-state index is 3.89. The maximum absolute atomic E-state index is 3.89. The van der Waals surface area contributed by atoms with Crippen LogP contribution in [0.4, 0.5) is 0 Å². The highest BCUT2D eigenvalue weighted by Crippen LogP contribution is 2.52. The quantitative estimate of drug-likeness (QED) is 0.827. The zero-order chi connectivity index (χ0) is 12.4. The predicted octanol–water partition coefficient (Wildman–Crippen LogP) is 4.45. The molecule has 1 aromatic carbocycles. The average molecular weight is 243 g/mol. The summed E-state index contributed by atoms with van der Waals surface area (Å²) in [6, 6.07) is 12.1. The third-order valence-corrected chi connectivity index (χ3v) is 5.27. The molecule has 0 aromatic heterocycles. The first kappa shape index (κ1) is 12.2. The SMILES string of the molecule is CC(NC1CCC12CCCCC2)c1ccccc1. The molecule has 3 rings (SSSR count). The van der Waals surface area contributed by atoms with Crippen LogP contribution in [0.25, 0.3) is 0 Å². The minimum Gasteiger partial charge on any atom is -0.307 e. The topological polar surface area (TPSA) is 12.0 Å². The van der Waals surface area contributed by atoms with E-state index in [4.69, 9.17) is 0 Å². The van der Waals surface area contributed by atoms with Crippen LogP contribution in [0.3, 0.4) is 0 Å². The lowest BCUT2D eigenvalue weighted by molar-refractivity contribution is 0.0174. The minimum absolute atomic E-state index is 0.496. The number of rotatable bonds is 3. The molecule has 2 aliphatic rings. The van der Waals surface area contributed by atoms with Crippen molar-refractivity contribution in [2.45, 2.75) is 64.0 Å². The molecule has 1 aromatic rings. The Morgan fingerprint density at radius 3 is 2.39 bits per heavy atom. The summed E-state index contributed by atoms with van der Waals surface area (Å²) in [6.45, 7) is 2.31. The fraction of sp³-hybridized carbons (Fsp3) is 0.647. The summed E-state index contributed by atoms with van der Waals surface area (Å²) in [5, 5.41) is 3.89. The van der Waals surface area contributed by atoms with E-state index in [9.17, 15) is 0 Å². The Kier molecular flexibility index (Phi) is 3.43. The van der Waals surface area contributed by atoms with Crippen molar-refractivity contribution < 1.29 is 0 Å². The van der Waals surface area contributed by atoms with E-state index < -0.39 is 0 Å². The Labute approximate surface area is 111 Å². The van der Waals surface area contributed by atoms with Crippen LogP contribution in [-0.4, -0.2) is 6.04 Å². The zero-order valence-corrected chi connectivity index (χ0v) is 11.5. The summed E-state index contributed by atoms with van der Waals surface area (Å²) in [5.74, 6) is 0. The second-order valence-corrected chi connectivity index (χ2v) is 6.31. The summed E-state index contributed by atoms with van der Waals surface area (Å²) in [4.78, 5) is 0. The van der Waals surface area contributed by atoms with Gasteiger partial charge in [0.2, 0.25) is 0 Å². The summed E-state index contributed by atoms with van der Waals surface area (Å²) in [7, 11) is 0. The van der Waals surface area contributed by atoms with E-state index in [1.165, 1.54) is 50.5 Å². The van der Waals surface area contributed by atoms with E-state index in [0.29, 0.717) is 11.5 Å². The Morgan fingerprint density at radius 1 is 1.06 bits per heavy atom. The lowest BCUT2D eigenvalue weighted by Gasteiger charge is -2.53. The molecule has 2 saturated carbocycles. The van der Waals surface area contributed by atoms with E-state index in [1.54, 1.807) is 0 Å². The van der Waals surface area contributed by atoms with Gasteiger partial charge in [-0.15, -0.1) is 0 Å². The van der Waals surface area contributed by atoms with E-state index in [2.05, 4.69) is 42.6 Å². The van der Waals surface area contributed by atoms with Crippen LogP contribution in [0.2, 0.25) is 0 Å². The third kappa shape index (κ3) is 2.21. The second-order valence-electron chi connectivity index (χ2n) is 6.31. The van der Waals surface area contributed by atoms with Gasteiger partial charge in [-0.1, -0.05) is 49.6 Å². The van der Waals surface area contributed by atoms with Crippen LogP contribution < -0.4 is 5.32 Å². The Balaban J connectivity index is 1.63. The summed E-state index contributed by atoms with van der Waals surface area (Å²) >= 11 is 0. The third-order valence-electron chi connectivity index (χ3n) is 5.27. The van der Waals surface area contributed by atoms with Gasteiger partial charge in [-0.2, -0.15) is 0 Å².